The van der Waals surface area contributed by atoms with Crippen LogP contribution >= 0.6 is 0 Å². The molecule has 0 fully saturated rings. The third kappa shape index (κ3) is 3.83. The quantitative estimate of drug-likeness (QED) is 0.687. The Kier molecular flexibility index (Phi) is 5.25. The van der Waals surface area contributed by atoms with Gasteiger partial charge in [0.15, 0.2) is 5.82 Å². The van der Waals surface area contributed by atoms with E-state index in [0.717, 1.165) is 34.6 Å². The Bertz CT molecular complexity index is 1000. The fourth-order valence-corrected chi connectivity index (χ4v) is 3.76. The van der Waals surface area contributed by atoms with Gasteiger partial charge in [0, 0.05) is 44.2 Å². The van der Waals surface area contributed by atoms with E-state index in [4.69, 9.17) is 9.97 Å². The van der Waals surface area contributed by atoms with Gasteiger partial charge in [0.2, 0.25) is 5.91 Å². The molecule has 1 aliphatic heterocycles. The second-order valence-electron chi connectivity index (χ2n) is 7.57. The van der Waals surface area contributed by atoms with Crippen LogP contribution in [0.4, 0.5) is 5.82 Å². The van der Waals surface area contributed by atoms with E-state index in [9.17, 15) is 4.79 Å². The summed E-state index contributed by atoms with van der Waals surface area (Å²) < 4.78 is 0. The lowest BCUT2D eigenvalue weighted by Crippen LogP contribution is -2.39. The second-order valence-corrected chi connectivity index (χ2v) is 7.57. The molecule has 0 N–H and O–H groups in total. The van der Waals surface area contributed by atoms with Gasteiger partial charge in [-0.25, -0.2) is 9.97 Å². The molecule has 148 valence electrons. The van der Waals surface area contributed by atoms with Crippen LogP contribution in [-0.4, -0.2) is 46.4 Å². The maximum Gasteiger partial charge on any atom is 0.230 e. The molecule has 29 heavy (non-hydrogen) atoms. The van der Waals surface area contributed by atoms with Gasteiger partial charge < -0.3 is 9.80 Å². The highest BCUT2D eigenvalue weighted by Crippen LogP contribution is 2.30. The van der Waals surface area contributed by atoms with Crippen LogP contribution in [0.1, 0.15) is 29.7 Å². The molecule has 0 unspecified atom stereocenters. The van der Waals surface area contributed by atoms with Crippen molar-refractivity contribution in [3.8, 4) is 11.4 Å². The van der Waals surface area contributed by atoms with Gasteiger partial charge in [-0.05, 0) is 31.0 Å². The predicted molar refractivity (Wildman–Crippen MR) is 114 cm³/mol. The molecule has 0 radical (unpaired) electrons. The minimum Gasteiger partial charge on any atom is -0.362 e. The van der Waals surface area contributed by atoms with Crippen LogP contribution in [0, 0.1) is 0 Å². The van der Waals surface area contributed by atoms with Gasteiger partial charge in [0.1, 0.15) is 5.82 Å². The van der Waals surface area contributed by atoms with Gasteiger partial charge >= 0.3 is 0 Å². The van der Waals surface area contributed by atoms with E-state index < -0.39 is 0 Å². The van der Waals surface area contributed by atoms with Crippen molar-refractivity contribution in [1.29, 1.82) is 0 Å². The first-order chi connectivity index (χ1) is 14.0. The standard InChI is InChI=1S/C23H25N5O/c1-16(17-7-5-4-6-8-17)23(29)28-14-11-19-20(15-28)25-21(26-22(19)27(2)3)18-9-12-24-13-10-18/h4-10,12-13,16H,11,14-15H2,1-3H3/t16-/m1/s1. The van der Waals surface area contributed by atoms with Crippen molar-refractivity contribution in [2.24, 2.45) is 0 Å². The third-order valence-electron chi connectivity index (χ3n) is 5.39. The number of aromatic nitrogens is 3. The molecule has 1 atom stereocenters. The van der Waals surface area contributed by atoms with Crippen molar-refractivity contribution < 1.29 is 4.79 Å². The fourth-order valence-electron chi connectivity index (χ4n) is 3.76. The van der Waals surface area contributed by atoms with Crippen molar-refractivity contribution in [3.63, 3.8) is 0 Å². The van der Waals surface area contributed by atoms with Crippen LogP contribution in [0.25, 0.3) is 11.4 Å². The number of rotatable bonds is 4. The van der Waals surface area contributed by atoms with Crippen LogP contribution < -0.4 is 4.90 Å². The lowest BCUT2D eigenvalue weighted by Gasteiger charge is -2.32. The maximum absolute atomic E-state index is 13.1. The first-order valence-corrected chi connectivity index (χ1v) is 9.86. The van der Waals surface area contributed by atoms with Crippen molar-refractivity contribution in [3.05, 3.63) is 71.7 Å². The summed E-state index contributed by atoms with van der Waals surface area (Å²) in [7, 11) is 3.99. The Labute approximate surface area is 171 Å². The number of nitrogens with zero attached hydrogens (tertiary/aromatic N) is 5. The number of amides is 1. The third-order valence-corrected chi connectivity index (χ3v) is 5.39. The second kappa shape index (κ2) is 7.99. The highest BCUT2D eigenvalue weighted by Gasteiger charge is 2.29. The molecule has 3 aromatic rings. The lowest BCUT2D eigenvalue weighted by molar-refractivity contribution is -0.133. The molecule has 2 aromatic heterocycles. The molecule has 0 saturated carbocycles. The summed E-state index contributed by atoms with van der Waals surface area (Å²) in [6.07, 6.45) is 4.24. The number of fused-ring (bicyclic) bond motifs is 1. The van der Waals surface area contributed by atoms with E-state index in [1.165, 1.54) is 0 Å². The molecular weight excluding hydrogens is 362 g/mol. The number of carbonyl (C=O) groups excluding carboxylic acids is 1. The minimum absolute atomic E-state index is 0.136. The summed E-state index contributed by atoms with van der Waals surface area (Å²) in [5, 5.41) is 0. The van der Waals surface area contributed by atoms with Gasteiger partial charge in [0.05, 0.1) is 18.2 Å². The van der Waals surface area contributed by atoms with Crippen LogP contribution in [0.15, 0.2) is 54.9 Å². The zero-order valence-corrected chi connectivity index (χ0v) is 17.0. The van der Waals surface area contributed by atoms with Gasteiger partial charge in [-0.15, -0.1) is 0 Å². The summed E-state index contributed by atoms with van der Waals surface area (Å²) >= 11 is 0. The van der Waals surface area contributed by atoms with Crippen molar-refractivity contribution >= 4 is 11.7 Å². The number of carbonyl (C=O) groups is 1. The van der Waals surface area contributed by atoms with Crippen molar-refractivity contribution in [2.45, 2.75) is 25.8 Å². The first kappa shape index (κ1) is 19.1. The van der Waals surface area contributed by atoms with Crippen LogP contribution in [0.2, 0.25) is 0 Å². The highest BCUT2D eigenvalue weighted by molar-refractivity contribution is 5.83. The van der Waals surface area contributed by atoms with Crippen LogP contribution in [0.3, 0.4) is 0 Å². The predicted octanol–water partition coefficient (Wildman–Crippen LogP) is 3.29. The van der Waals surface area contributed by atoms with Crippen molar-refractivity contribution in [1.82, 2.24) is 19.9 Å². The highest BCUT2D eigenvalue weighted by atomic mass is 16.2. The zero-order chi connectivity index (χ0) is 20.4. The lowest BCUT2D eigenvalue weighted by atomic mass is 9.97. The summed E-state index contributed by atoms with van der Waals surface area (Å²) in [6.45, 7) is 3.16. The molecule has 1 amide bonds. The topological polar surface area (TPSA) is 62.2 Å². The van der Waals surface area contributed by atoms with Gasteiger partial charge in [-0.2, -0.15) is 0 Å². The summed E-state index contributed by atoms with van der Waals surface area (Å²) in [6, 6.07) is 13.7. The normalized spacial score (nSPS) is 14.2. The average molecular weight is 387 g/mol. The van der Waals surface area contributed by atoms with Crippen LogP contribution in [-0.2, 0) is 17.8 Å². The van der Waals surface area contributed by atoms with Crippen molar-refractivity contribution in [2.75, 3.05) is 25.5 Å². The number of anilines is 1. The molecular formula is C23H25N5O. The van der Waals surface area contributed by atoms with E-state index in [-0.39, 0.29) is 11.8 Å². The molecule has 6 heteroatoms. The Morgan fingerprint density at radius 2 is 1.79 bits per heavy atom. The Morgan fingerprint density at radius 3 is 2.48 bits per heavy atom. The summed E-state index contributed by atoms with van der Waals surface area (Å²) in [5.74, 6) is 1.55. The average Bonchev–Trinajstić information content (AvgIpc) is 2.78. The Morgan fingerprint density at radius 1 is 1.07 bits per heavy atom. The van der Waals surface area contributed by atoms with Gasteiger partial charge in [-0.3, -0.25) is 9.78 Å². The first-order valence-electron chi connectivity index (χ1n) is 9.86. The van der Waals surface area contributed by atoms with E-state index in [1.54, 1.807) is 12.4 Å². The zero-order valence-electron chi connectivity index (χ0n) is 17.0. The minimum atomic E-state index is -0.174. The smallest absolute Gasteiger partial charge is 0.230 e. The van der Waals surface area contributed by atoms with E-state index in [0.29, 0.717) is 18.9 Å². The summed E-state index contributed by atoms with van der Waals surface area (Å²) in [5.41, 5.74) is 4.02. The monoisotopic (exact) mass is 387 g/mol. The maximum atomic E-state index is 13.1. The summed E-state index contributed by atoms with van der Waals surface area (Å²) in [4.78, 5) is 30.8. The van der Waals surface area contributed by atoms with E-state index >= 15 is 0 Å². The molecule has 4 rings (SSSR count). The molecule has 0 bridgehead atoms. The Balaban J connectivity index is 1.66. The molecule has 0 saturated heterocycles. The largest absolute Gasteiger partial charge is 0.362 e. The molecule has 1 aromatic carbocycles. The van der Waals surface area contributed by atoms with Crippen LogP contribution in [0.5, 0.6) is 0 Å². The number of pyridine rings is 1. The van der Waals surface area contributed by atoms with Gasteiger partial charge in [-0.1, -0.05) is 30.3 Å². The van der Waals surface area contributed by atoms with Gasteiger partial charge in [0.25, 0.3) is 0 Å². The molecule has 6 nitrogen and oxygen atoms in total. The molecule has 3 heterocycles. The van der Waals surface area contributed by atoms with E-state index in [1.807, 2.05) is 73.3 Å². The van der Waals surface area contributed by atoms with E-state index in [2.05, 4.69) is 4.98 Å². The number of benzene rings is 1. The molecule has 1 aliphatic rings. The SMILES string of the molecule is C[C@@H](C(=O)N1CCc2c(nc(-c3ccncc3)nc2N(C)C)C1)c1ccccc1. The number of hydrogen-bond acceptors (Lipinski definition) is 5. The Hall–Kier alpha value is -3.28. The molecule has 0 aliphatic carbocycles. The number of hydrogen-bond donors (Lipinski definition) is 0. The fraction of sp³-hybridized carbons (Fsp3) is 0.304. The molecule has 0 spiro atoms.